The predicted molar refractivity (Wildman–Crippen MR) is 72.2 cm³/mol. The SMILES string of the molecule is CN(Cc1ccc(Cl)s1)C(N)=NC(C)(C)C. The van der Waals surface area contributed by atoms with Gasteiger partial charge in [-0.2, -0.15) is 0 Å². The number of hydrogen-bond acceptors (Lipinski definition) is 2. The van der Waals surface area contributed by atoms with E-state index in [1.54, 1.807) is 11.3 Å². The Bertz CT molecular complexity index is 379. The molecule has 1 aromatic heterocycles. The van der Waals surface area contributed by atoms with E-state index in [1.165, 1.54) is 4.88 Å². The van der Waals surface area contributed by atoms with Crippen molar-refractivity contribution in [3.63, 3.8) is 0 Å². The first-order chi connectivity index (χ1) is 7.28. The third-order valence-corrected chi connectivity index (χ3v) is 3.08. The number of thiophene rings is 1. The van der Waals surface area contributed by atoms with Gasteiger partial charge in [0.1, 0.15) is 0 Å². The second kappa shape index (κ2) is 5.06. The molecule has 0 aliphatic rings. The van der Waals surface area contributed by atoms with Crippen LogP contribution in [0.15, 0.2) is 17.1 Å². The maximum Gasteiger partial charge on any atom is 0.191 e. The lowest BCUT2D eigenvalue weighted by molar-refractivity contribution is 0.478. The minimum absolute atomic E-state index is 0.147. The van der Waals surface area contributed by atoms with Gasteiger partial charge in [-0.25, -0.2) is 4.99 Å². The molecule has 0 spiro atoms. The molecule has 1 aromatic rings. The predicted octanol–water partition coefficient (Wildman–Crippen LogP) is 2.95. The molecule has 0 radical (unpaired) electrons. The van der Waals surface area contributed by atoms with E-state index in [-0.39, 0.29) is 5.54 Å². The molecule has 0 aliphatic heterocycles. The number of aliphatic imine (C=N–C) groups is 1. The van der Waals surface area contributed by atoms with Gasteiger partial charge in [-0.3, -0.25) is 0 Å². The minimum atomic E-state index is -0.147. The van der Waals surface area contributed by atoms with Crippen molar-refractivity contribution < 1.29 is 0 Å². The molecule has 0 atom stereocenters. The first-order valence-corrected chi connectivity index (χ1v) is 6.28. The summed E-state index contributed by atoms with van der Waals surface area (Å²) < 4.78 is 0.801. The van der Waals surface area contributed by atoms with Crippen LogP contribution in [0, 0.1) is 0 Å². The number of guanidine groups is 1. The van der Waals surface area contributed by atoms with Crippen molar-refractivity contribution >= 4 is 28.9 Å². The lowest BCUT2D eigenvalue weighted by Crippen LogP contribution is -2.35. The van der Waals surface area contributed by atoms with Gasteiger partial charge in [-0.1, -0.05) is 11.6 Å². The Morgan fingerprint density at radius 2 is 2.12 bits per heavy atom. The summed E-state index contributed by atoms with van der Waals surface area (Å²) in [5.41, 5.74) is 5.76. The first-order valence-electron chi connectivity index (χ1n) is 5.08. The van der Waals surface area contributed by atoms with Gasteiger partial charge < -0.3 is 10.6 Å². The maximum absolute atomic E-state index is 5.91. The topological polar surface area (TPSA) is 41.6 Å². The van der Waals surface area contributed by atoms with E-state index >= 15 is 0 Å². The van der Waals surface area contributed by atoms with Crippen LogP contribution in [-0.4, -0.2) is 23.4 Å². The van der Waals surface area contributed by atoms with E-state index in [2.05, 4.69) is 4.99 Å². The summed E-state index contributed by atoms with van der Waals surface area (Å²) in [5.74, 6) is 0.553. The number of nitrogens with zero attached hydrogens (tertiary/aromatic N) is 2. The van der Waals surface area contributed by atoms with Gasteiger partial charge in [0.05, 0.1) is 16.4 Å². The smallest absolute Gasteiger partial charge is 0.191 e. The highest BCUT2D eigenvalue weighted by molar-refractivity contribution is 7.16. The second-order valence-electron chi connectivity index (χ2n) is 4.70. The summed E-state index contributed by atoms with van der Waals surface area (Å²) in [6.45, 7) is 6.81. The molecule has 5 heteroatoms. The standard InChI is InChI=1S/C11H18ClN3S/c1-11(2,3)14-10(13)15(4)7-8-5-6-9(12)16-8/h5-6H,7H2,1-4H3,(H2,13,14). The molecular weight excluding hydrogens is 242 g/mol. The maximum atomic E-state index is 5.91. The normalized spacial score (nSPS) is 12.9. The molecule has 2 N–H and O–H groups in total. The van der Waals surface area contributed by atoms with Crippen LogP contribution >= 0.6 is 22.9 Å². The van der Waals surface area contributed by atoms with Crippen molar-refractivity contribution in [1.29, 1.82) is 0 Å². The molecule has 3 nitrogen and oxygen atoms in total. The molecule has 1 rings (SSSR count). The zero-order valence-electron chi connectivity index (χ0n) is 10.1. The zero-order chi connectivity index (χ0) is 12.3. The number of nitrogens with two attached hydrogens (primary N) is 1. The van der Waals surface area contributed by atoms with Crippen LogP contribution in [0.1, 0.15) is 25.6 Å². The Morgan fingerprint density at radius 3 is 2.56 bits per heavy atom. The number of hydrogen-bond donors (Lipinski definition) is 1. The summed E-state index contributed by atoms with van der Waals surface area (Å²) in [6, 6.07) is 3.90. The highest BCUT2D eigenvalue weighted by Gasteiger charge is 2.11. The number of rotatable bonds is 2. The Kier molecular flexibility index (Phi) is 4.21. The van der Waals surface area contributed by atoms with E-state index in [1.807, 2.05) is 44.9 Å². The number of halogens is 1. The van der Waals surface area contributed by atoms with Crippen molar-refractivity contribution in [3.05, 3.63) is 21.3 Å². The molecule has 0 aliphatic carbocycles. The molecule has 0 fully saturated rings. The molecule has 0 bridgehead atoms. The lowest BCUT2D eigenvalue weighted by Gasteiger charge is -2.21. The lowest BCUT2D eigenvalue weighted by atomic mass is 10.1. The highest BCUT2D eigenvalue weighted by atomic mass is 35.5. The van der Waals surface area contributed by atoms with Crippen LogP contribution in [0.25, 0.3) is 0 Å². The molecule has 0 unspecified atom stereocenters. The summed E-state index contributed by atoms with van der Waals surface area (Å²) >= 11 is 7.43. The van der Waals surface area contributed by atoms with Crippen molar-refractivity contribution in [2.24, 2.45) is 10.7 Å². The molecular formula is C11H18ClN3S. The Labute approximate surface area is 106 Å². The Morgan fingerprint density at radius 1 is 1.50 bits per heavy atom. The fourth-order valence-corrected chi connectivity index (χ4v) is 2.32. The molecule has 0 amide bonds. The van der Waals surface area contributed by atoms with E-state index in [9.17, 15) is 0 Å². The van der Waals surface area contributed by atoms with Gasteiger partial charge >= 0.3 is 0 Å². The molecule has 0 saturated carbocycles. The third kappa shape index (κ3) is 4.41. The third-order valence-electron chi connectivity index (χ3n) is 1.86. The summed E-state index contributed by atoms with van der Waals surface area (Å²) in [4.78, 5) is 7.51. The fourth-order valence-electron chi connectivity index (χ4n) is 1.18. The van der Waals surface area contributed by atoms with Crippen molar-refractivity contribution in [2.75, 3.05) is 7.05 Å². The van der Waals surface area contributed by atoms with Crippen molar-refractivity contribution in [2.45, 2.75) is 32.9 Å². The molecule has 16 heavy (non-hydrogen) atoms. The summed E-state index contributed by atoms with van der Waals surface area (Å²) in [7, 11) is 1.93. The van der Waals surface area contributed by atoms with Gasteiger partial charge in [0.15, 0.2) is 5.96 Å². The highest BCUT2D eigenvalue weighted by Crippen LogP contribution is 2.22. The van der Waals surface area contributed by atoms with Gasteiger partial charge in [-0.15, -0.1) is 11.3 Å². The van der Waals surface area contributed by atoms with E-state index < -0.39 is 0 Å². The van der Waals surface area contributed by atoms with Crippen LogP contribution < -0.4 is 5.73 Å². The minimum Gasteiger partial charge on any atom is -0.370 e. The van der Waals surface area contributed by atoms with Crippen LogP contribution in [0.4, 0.5) is 0 Å². The van der Waals surface area contributed by atoms with E-state index in [0.29, 0.717) is 5.96 Å². The molecule has 90 valence electrons. The summed E-state index contributed by atoms with van der Waals surface area (Å²) in [6.07, 6.45) is 0. The van der Waals surface area contributed by atoms with Crippen LogP contribution in [-0.2, 0) is 6.54 Å². The van der Waals surface area contributed by atoms with Gasteiger partial charge in [0.2, 0.25) is 0 Å². The van der Waals surface area contributed by atoms with Gasteiger partial charge in [0.25, 0.3) is 0 Å². The largest absolute Gasteiger partial charge is 0.370 e. The van der Waals surface area contributed by atoms with Gasteiger partial charge in [-0.05, 0) is 32.9 Å². The average Bonchev–Trinajstić information content (AvgIpc) is 2.48. The van der Waals surface area contributed by atoms with E-state index in [4.69, 9.17) is 17.3 Å². The van der Waals surface area contributed by atoms with Crippen LogP contribution in [0.5, 0.6) is 0 Å². The van der Waals surface area contributed by atoms with E-state index in [0.717, 1.165) is 10.9 Å². The summed E-state index contributed by atoms with van der Waals surface area (Å²) in [5, 5.41) is 0. The quantitative estimate of drug-likeness (QED) is 0.655. The Balaban J connectivity index is 2.65. The zero-order valence-corrected chi connectivity index (χ0v) is 11.7. The average molecular weight is 260 g/mol. The fraction of sp³-hybridized carbons (Fsp3) is 0.545. The molecule has 1 heterocycles. The monoisotopic (exact) mass is 259 g/mol. The molecule has 0 aromatic carbocycles. The van der Waals surface area contributed by atoms with Crippen molar-refractivity contribution in [1.82, 2.24) is 4.90 Å². The van der Waals surface area contributed by atoms with Crippen LogP contribution in [0.2, 0.25) is 4.34 Å². The first kappa shape index (κ1) is 13.3. The van der Waals surface area contributed by atoms with Crippen LogP contribution in [0.3, 0.4) is 0 Å². The second-order valence-corrected chi connectivity index (χ2v) is 6.50. The molecule has 0 saturated heterocycles. The van der Waals surface area contributed by atoms with Gasteiger partial charge in [0, 0.05) is 11.9 Å². The Hall–Kier alpha value is -0.740. The van der Waals surface area contributed by atoms with Crippen molar-refractivity contribution in [3.8, 4) is 0 Å².